The molecule has 1 amide bonds. The highest BCUT2D eigenvalue weighted by molar-refractivity contribution is 6.35. The number of halogens is 1. The average molecular weight is 464 g/mol. The number of Topliss-reactive ketones (excluding diaryl/α,β-unsaturated/α-hetero) is 1. The lowest BCUT2D eigenvalue weighted by Crippen LogP contribution is -2.31. The van der Waals surface area contributed by atoms with Gasteiger partial charge in [0.05, 0.1) is 38.8 Å². The Hall–Kier alpha value is -3.33. The quantitative estimate of drug-likeness (QED) is 0.377. The molecule has 2 aromatic rings. The number of hydrogen-bond donors (Lipinski definition) is 1. The van der Waals surface area contributed by atoms with Crippen molar-refractivity contribution in [2.75, 3.05) is 32.8 Å². The van der Waals surface area contributed by atoms with Crippen LogP contribution in [-0.4, -0.2) is 45.2 Å². The molecule has 0 radical (unpaired) electrons. The van der Waals surface area contributed by atoms with Crippen LogP contribution in [0, 0.1) is 0 Å². The van der Waals surface area contributed by atoms with Crippen molar-refractivity contribution in [3.8, 4) is 23.0 Å². The molecule has 0 heterocycles. The first-order chi connectivity index (χ1) is 15.3. The first-order valence-corrected chi connectivity index (χ1v) is 10.3. The first-order valence-electron chi connectivity index (χ1n) is 9.87. The summed E-state index contributed by atoms with van der Waals surface area (Å²) in [4.78, 5) is 24.9. The first kappa shape index (κ1) is 24.9. The van der Waals surface area contributed by atoms with E-state index in [0.29, 0.717) is 36.1 Å². The van der Waals surface area contributed by atoms with Crippen LogP contribution in [0.15, 0.2) is 40.6 Å². The average Bonchev–Trinajstić information content (AvgIpc) is 2.75. The molecular weight excluding hydrogens is 438 g/mol. The smallest absolute Gasteiger partial charge is 0.258 e. The highest BCUT2D eigenvalue weighted by Crippen LogP contribution is 2.40. The number of ether oxygens (including phenoxy) is 4. The van der Waals surface area contributed by atoms with Crippen LogP contribution in [0.25, 0.3) is 0 Å². The predicted molar refractivity (Wildman–Crippen MR) is 121 cm³/mol. The molecule has 0 fully saturated rings. The molecule has 0 spiro atoms. The number of azo groups is 1. The zero-order valence-electron chi connectivity index (χ0n) is 18.6. The van der Waals surface area contributed by atoms with Crippen LogP contribution in [0.1, 0.15) is 20.8 Å². The minimum absolute atomic E-state index is 0.130. The van der Waals surface area contributed by atoms with Crippen LogP contribution in [0.2, 0.25) is 5.02 Å². The van der Waals surface area contributed by atoms with Crippen molar-refractivity contribution >= 4 is 34.7 Å². The number of methoxy groups -OCH3 is 2. The summed E-state index contributed by atoms with van der Waals surface area (Å²) in [5.74, 6) is 0.540. The van der Waals surface area contributed by atoms with Crippen molar-refractivity contribution in [1.29, 1.82) is 0 Å². The number of nitrogens with zero attached hydrogens (tertiary/aromatic N) is 2. The summed E-state index contributed by atoms with van der Waals surface area (Å²) in [5.41, 5.74) is 0.621. The number of carbonyl (C=O) groups is 2. The van der Waals surface area contributed by atoms with E-state index >= 15 is 0 Å². The molecule has 2 aromatic carbocycles. The summed E-state index contributed by atoms with van der Waals surface area (Å²) in [6.07, 6.45) is 0. The molecule has 0 aliphatic heterocycles. The fraction of sp³-hybridized carbons (Fsp3) is 0.364. The number of rotatable bonds is 11. The molecule has 0 aliphatic carbocycles. The zero-order chi connectivity index (χ0) is 23.7. The van der Waals surface area contributed by atoms with Crippen molar-refractivity contribution in [3.63, 3.8) is 0 Å². The molecule has 10 heteroatoms. The minimum atomic E-state index is -1.38. The van der Waals surface area contributed by atoms with Crippen molar-refractivity contribution in [2.24, 2.45) is 10.2 Å². The topological polar surface area (TPSA) is 108 Å². The lowest BCUT2D eigenvalue weighted by atomic mass is 10.2. The van der Waals surface area contributed by atoms with E-state index in [1.165, 1.54) is 27.2 Å². The highest BCUT2D eigenvalue weighted by Gasteiger charge is 2.25. The van der Waals surface area contributed by atoms with Crippen molar-refractivity contribution in [3.05, 3.63) is 35.4 Å². The van der Waals surface area contributed by atoms with E-state index in [1.807, 2.05) is 13.8 Å². The molecule has 0 saturated heterocycles. The van der Waals surface area contributed by atoms with E-state index in [4.69, 9.17) is 30.5 Å². The number of anilines is 1. The largest absolute Gasteiger partial charge is 0.494 e. The number of amides is 1. The zero-order valence-corrected chi connectivity index (χ0v) is 19.4. The second-order valence-corrected chi connectivity index (χ2v) is 6.79. The van der Waals surface area contributed by atoms with Crippen molar-refractivity contribution in [2.45, 2.75) is 26.8 Å². The summed E-state index contributed by atoms with van der Waals surface area (Å²) in [6, 6.07) is 6.73. The number of nitrogens with one attached hydrogen (secondary N) is 1. The van der Waals surface area contributed by atoms with E-state index in [-0.39, 0.29) is 16.5 Å². The van der Waals surface area contributed by atoms with Gasteiger partial charge in [-0.15, -0.1) is 0 Å². The molecule has 1 N–H and O–H groups in total. The molecule has 2 rings (SSSR count). The Labute approximate surface area is 191 Å². The molecule has 0 aromatic heterocycles. The van der Waals surface area contributed by atoms with Gasteiger partial charge in [0.2, 0.25) is 6.04 Å². The number of hydrogen-bond acceptors (Lipinski definition) is 8. The molecule has 0 saturated carbocycles. The Morgan fingerprint density at radius 1 is 1.03 bits per heavy atom. The summed E-state index contributed by atoms with van der Waals surface area (Å²) >= 11 is 6.30. The fourth-order valence-corrected chi connectivity index (χ4v) is 3.02. The van der Waals surface area contributed by atoms with Gasteiger partial charge in [-0.25, -0.2) is 0 Å². The van der Waals surface area contributed by atoms with E-state index < -0.39 is 17.7 Å². The van der Waals surface area contributed by atoms with Gasteiger partial charge in [-0.3, -0.25) is 9.59 Å². The normalized spacial score (nSPS) is 11.7. The molecular formula is C22H26ClN3O6. The third-order valence-electron chi connectivity index (χ3n) is 4.15. The number of benzene rings is 2. The van der Waals surface area contributed by atoms with Gasteiger partial charge in [-0.2, -0.15) is 10.2 Å². The Kier molecular flexibility index (Phi) is 9.27. The Balaban J connectivity index is 2.28. The molecule has 172 valence electrons. The third kappa shape index (κ3) is 6.34. The van der Waals surface area contributed by atoms with Crippen LogP contribution < -0.4 is 24.3 Å². The van der Waals surface area contributed by atoms with Crippen LogP contribution in [0.5, 0.6) is 23.0 Å². The van der Waals surface area contributed by atoms with E-state index in [9.17, 15) is 9.59 Å². The van der Waals surface area contributed by atoms with Gasteiger partial charge in [-0.1, -0.05) is 11.6 Å². The molecule has 0 bridgehead atoms. The van der Waals surface area contributed by atoms with Crippen LogP contribution >= 0.6 is 11.6 Å². The van der Waals surface area contributed by atoms with Gasteiger partial charge in [0.15, 0.2) is 17.3 Å². The Morgan fingerprint density at radius 3 is 2.16 bits per heavy atom. The monoisotopic (exact) mass is 463 g/mol. The maximum atomic E-state index is 12.8. The van der Waals surface area contributed by atoms with E-state index in [1.54, 1.807) is 24.3 Å². The van der Waals surface area contributed by atoms with Crippen molar-refractivity contribution < 1.29 is 28.5 Å². The molecule has 1 atom stereocenters. The van der Waals surface area contributed by atoms with Gasteiger partial charge in [-0.05, 0) is 32.9 Å². The van der Waals surface area contributed by atoms with Crippen LogP contribution in [0.4, 0.5) is 11.4 Å². The van der Waals surface area contributed by atoms with Crippen LogP contribution in [0.3, 0.4) is 0 Å². The van der Waals surface area contributed by atoms with Gasteiger partial charge in [0.25, 0.3) is 5.91 Å². The summed E-state index contributed by atoms with van der Waals surface area (Å²) in [5, 5.41) is 10.7. The summed E-state index contributed by atoms with van der Waals surface area (Å²) in [6.45, 7) is 5.86. The molecule has 1 unspecified atom stereocenters. The second kappa shape index (κ2) is 11.9. The molecule has 32 heavy (non-hydrogen) atoms. The lowest BCUT2D eigenvalue weighted by Gasteiger charge is -2.15. The minimum Gasteiger partial charge on any atom is -0.494 e. The van der Waals surface area contributed by atoms with E-state index in [2.05, 4.69) is 15.5 Å². The summed E-state index contributed by atoms with van der Waals surface area (Å²) < 4.78 is 21.4. The maximum absolute atomic E-state index is 12.8. The predicted octanol–water partition coefficient (Wildman–Crippen LogP) is 4.83. The second-order valence-electron chi connectivity index (χ2n) is 6.41. The molecule has 0 aliphatic rings. The van der Waals surface area contributed by atoms with E-state index in [0.717, 1.165) is 0 Å². The highest BCUT2D eigenvalue weighted by atomic mass is 35.5. The molecule has 9 nitrogen and oxygen atoms in total. The summed E-state index contributed by atoms with van der Waals surface area (Å²) in [7, 11) is 2.89. The fourth-order valence-electron chi connectivity index (χ4n) is 2.74. The van der Waals surface area contributed by atoms with Gasteiger partial charge >= 0.3 is 0 Å². The van der Waals surface area contributed by atoms with Crippen LogP contribution in [-0.2, 0) is 9.59 Å². The Bertz CT molecular complexity index is 972. The standard InChI is InChI=1S/C22H26ClN3O6/c1-6-31-15-10-14(11-16(12-15)32-7-2)25-26-20(13(3)27)22(28)24-17-8-9-18(29-4)21(30-5)19(17)23/h8-12,20H,6-7H2,1-5H3,(H,24,28). The maximum Gasteiger partial charge on any atom is 0.258 e. The number of ketones is 1. The SMILES string of the molecule is CCOc1cc(N=NC(C(C)=O)C(=O)Nc2ccc(OC)c(OC)c2Cl)cc(OCC)c1. The number of carbonyl (C=O) groups excluding carboxylic acids is 2. The van der Waals surface area contributed by atoms with Gasteiger partial charge in [0, 0.05) is 18.2 Å². The van der Waals surface area contributed by atoms with Crippen molar-refractivity contribution in [1.82, 2.24) is 0 Å². The third-order valence-corrected chi connectivity index (χ3v) is 4.53. The van der Waals surface area contributed by atoms with Gasteiger partial charge < -0.3 is 24.3 Å². The Morgan fingerprint density at radius 2 is 1.66 bits per heavy atom. The van der Waals surface area contributed by atoms with Gasteiger partial charge in [0.1, 0.15) is 16.5 Å². The lowest BCUT2D eigenvalue weighted by molar-refractivity contribution is -0.126.